The molecule has 35 heavy (non-hydrogen) atoms. The highest BCUT2D eigenvalue weighted by Crippen LogP contribution is 2.35. The summed E-state index contributed by atoms with van der Waals surface area (Å²) in [5, 5.41) is 0. The van der Waals surface area contributed by atoms with Crippen molar-refractivity contribution in [2.24, 2.45) is 5.92 Å². The fraction of sp³-hybridized carbons (Fsp3) is 0.333. The van der Waals surface area contributed by atoms with Crippen molar-refractivity contribution in [1.29, 1.82) is 0 Å². The molecule has 2 saturated heterocycles. The molecule has 0 bridgehead atoms. The summed E-state index contributed by atoms with van der Waals surface area (Å²) < 4.78 is 2.07. The third kappa shape index (κ3) is 4.65. The Morgan fingerprint density at radius 2 is 1.94 bits per heavy atom. The number of thioether (sulfide) groups is 1. The maximum atomic E-state index is 13.7. The van der Waals surface area contributed by atoms with E-state index in [-0.39, 0.29) is 11.5 Å². The normalized spacial score (nSPS) is 19.9. The average molecular weight is 505 g/mol. The Morgan fingerprint density at radius 3 is 2.69 bits per heavy atom. The van der Waals surface area contributed by atoms with Gasteiger partial charge in [-0.15, -0.1) is 0 Å². The van der Waals surface area contributed by atoms with Gasteiger partial charge < -0.3 is 4.90 Å². The van der Waals surface area contributed by atoms with Crippen LogP contribution < -0.4 is 10.5 Å². The van der Waals surface area contributed by atoms with E-state index in [1.807, 2.05) is 50.2 Å². The molecule has 1 amide bonds. The van der Waals surface area contributed by atoms with E-state index in [9.17, 15) is 9.59 Å². The van der Waals surface area contributed by atoms with Crippen LogP contribution in [0.5, 0.6) is 0 Å². The van der Waals surface area contributed by atoms with Gasteiger partial charge in [0, 0.05) is 19.3 Å². The number of carbonyl (C=O) groups excluding carboxylic acids is 1. The number of nitrogens with zero attached hydrogens (tertiary/aromatic N) is 4. The number of aryl methyl sites for hydroxylation is 2. The van der Waals surface area contributed by atoms with Crippen molar-refractivity contribution in [3.8, 4) is 0 Å². The molecule has 3 aromatic rings. The third-order valence-electron chi connectivity index (χ3n) is 6.63. The van der Waals surface area contributed by atoms with Crippen LogP contribution in [0.15, 0.2) is 52.3 Å². The van der Waals surface area contributed by atoms with Gasteiger partial charge in [0.1, 0.15) is 15.8 Å². The molecule has 5 rings (SSSR count). The minimum absolute atomic E-state index is 0.171. The summed E-state index contributed by atoms with van der Waals surface area (Å²) in [6.45, 7) is 8.30. The minimum Gasteiger partial charge on any atom is -0.356 e. The van der Waals surface area contributed by atoms with Gasteiger partial charge in [0.15, 0.2) is 0 Å². The second-order valence-electron chi connectivity index (χ2n) is 9.49. The van der Waals surface area contributed by atoms with Gasteiger partial charge in [-0.25, -0.2) is 4.98 Å². The smallest absolute Gasteiger partial charge is 0.267 e. The van der Waals surface area contributed by atoms with Crippen LogP contribution in [0.25, 0.3) is 11.7 Å². The molecule has 2 aromatic heterocycles. The van der Waals surface area contributed by atoms with E-state index in [1.54, 1.807) is 21.6 Å². The topological polar surface area (TPSA) is 57.9 Å². The largest absolute Gasteiger partial charge is 0.356 e. The van der Waals surface area contributed by atoms with Crippen molar-refractivity contribution in [1.82, 2.24) is 14.3 Å². The standard InChI is InChI=1S/C27H28N4O2S2/c1-17-8-10-20(11-9-17)16-31-26(33)22(35-27(31)34)14-21-24(29-12-4-6-18(2)15-29)28-23-19(3)7-5-13-30(23)25(21)32/h5,7-11,13-14,18H,4,6,12,15-16H2,1-3H3. The summed E-state index contributed by atoms with van der Waals surface area (Å²) in [4.78, 5) is 36.3. The molecule has 1 unspecified atom stereocenters. The van der Waals surface area contributed by atoms with Crippen LogP contribution in [0.4, 0.5) is 5.82 Å². The molecule has 0 N–H and O–H groups in total. The number of aromatic nitrogens is 2. The first-order valence-electron chi connectivity index (χ1n) is 11.9. The zero-order valence-corrected chi connectivity index (χ0v) is 21.8. The van der Waals surface area contributed by atoms with Gasteiger partial charge in [0.05, 0.1) is 17.0 Å². The lowest BCUT2D eigenvalue weighted by Gasteiger charge is -2.32. The van der Waals surface area contributed by atoms with E-state index in [0.29, 0.717) is 38.7 Å². The number of hydrogen-bond acceptors (Lipinski definition) is 6. The molecule has 0 spiro atoms. The maximum absolute atomic E-state index is 13.7. The van der Waals surface area contributed by atoms with Crippen molar-refractivity contribution in [2.75, 3.05) is 18.0 Å². The number of anilines is 1. The molecule has 0 saturated carbocycles. The van der Waals surface area contributed by atoms with Crippen molar-refractivity contribution in [3.63, 3.8) is 0 Å². The number of fused-ring (bicyclic) bond motifs is 1. The maximum Gasteiger partial charge on any atom is 0.267 e. The van der Waals surface area contributed by atoms with Crippen molar-refractivity contribution in [2.45, 2.75) is 40.2 Å². The average Bonchev–Trinajstić information content (AvgIpc) is 3.10. The molecule has 180 valence electrons. The van der Waals surface area contributed by atoms with Crippen molar-refractivity contribution >= 4 is 51.7 Å². The predicted octanol–water partition coefficient (Wildman–Crippen LogP) is 4.95. The van der Waals surface area contributed by atoms with Crippen LogP contribution in [0.1, 0.15) is 42.0 Å². The molecule has 0 aliphatic carbocycles. The van der Waals surface area contributed by atoms with Crippen LogP contribution in [0, 0.1) is 19.8 Å². The summed E-state index contributed by atoms with van der Waals surface area (Å²) in [7, 11) is 0. The molecule has 1 atom stereocenters. The first-order chi connectivity index (χ1) is 16.8. The van der Waals surface area contributed by atoms with Crippen molar-refractivity contribution in [3.05, 3.63) is 80.1 Å². The molecule has 1 aromatic carbocycles. The predicted molar refractivity (Wildman–Crippen MR) is 147 cm³/mol. The van der Waals surface area contributed by atoms with Gasteiger partial charge in [-0.1, -0.05) is 66.8 Å². The van der Waals surface area contributed by atoms with Crippen LogP contribution in [0.3, 0.4) is 0 Å². The van der Waals surface area contributed by atoms with Gasteiger partial charge in [0.2, 0.25) is 0 Å². The highest BCUT2D eigenvalue weighted by molar-refractivity contribution is 8.26. The zero-order valence-electron chi connectivity index (χ0n) is 20.2. The summed E-state index contributed by atoms with van der Waals surface area (Å²) in [6.07, 6.45) is 5.65. The molecular weight excluding hydrogens is 476 g/mol. The first kappa shape index (κ1) is 23.8. The Hall–Kier alpha value is -2.97. The van der Waals surface area contributed by atoms with E-state index in [1.165, 1.54) is 11.8 Å². The zero-order chi connectivity index (χ0) is 24.7. The van der Waals surface area contributed by atoms with Gasteiger partial charge in [-0.05, 0) is 55.9 Å². The van der Waals surface area contributed by atoms with E-state index < -0.39 is 0 Å². The number of benzene rings is 1. The number of pyridine rings is 1. The van der Waals surface area contributed by atoms with Gasteiger partial charge in [-0.3, -0.25) is 18.9 Å². The minimum atomic E-state index is -0.174. The third-order valence-corrected chi connectivity index (χ3v) is 8.01. The monoisotopic (exact) mass is 504 g/mol. The molecule has 8 heteroatoms. The Morgan fingerprint density at radius 1 is 1.17 bits per heavy atom. The van der Waals surface area contributed by atoms with Crippen LogP contribution in [-0.4, -0.2) is 37.6 Å². The number of hydrogen-bond donors (Lipinski definition) is 0. The van der Waals surface area contributed by atoms with E-state index in [4.69, 9.17) is 17.2 Å². The van der Waals surface area contributed by atoms with Crippen molar-refractivity contribution < 1.29 is 4.79 Å². The van der Waals surface area contributed by atoms with E-state index in [2.05, 4.69) is 11.8 Å². The van der Waals surface area contributed by atoms with Gasteiger partial charge >= 0.3 is 0 Å². The SMILES string of the molecule is Cc1ccc(CN2C(=O)C(=Cc3c(N4CCCC(C)C4)nc4c(C)cccn4c3=O)SC2=S)cc1. The Balaban J connectivity index is 1.57. The lowest BCUT2D eigenvalue weighted by atomic mass is 10.00. The van der Waals surface area contributed by atoms with Gasteiger partial charge in [-0.2, -0.15) is 0 Å². The number of piperidine rings is 1. The van der Waals surface area contributed by atoms with Crippen LogP contribution >= 0.6 is 24.0 Å². The highest BCUT2D eigenvalue weighted by atomic mass is 32.2. The summed E-state index contributed by atoms with van der Waals surface area (Å²) >= 11 is 6.80. The highest BCUT2D eigenvalue weighted by Gasteiger charge is 2.33. The summed E-state index contributed by atoms with van der Waals surface area (Å²) in [5.74, 6) is 0.994. The molecule has 6 nitrogen and oxygen atoms in total. The molecule has 2 aliphatic rings. The molecule has 4 heterocycles. The number of amides is 1. The quantitative estimate of drug-likeness (QED) is 0.370. The Labute approximate surface area is 214 Å². The van der Waals surface area contributed by atoms with E-state index in [0.717, 1.165) is 42.6 Å². The molecule has 2 aliphatic heterocycles. The Kier molecular flexibility index (Phi) is 6.51. The van der Waals surface area contributed by atoms with Crippen LogP contribution in [-0.2, 0) is 11.3 Å². The van der Waals surface area contributed by atoms with Gasteiger partial charge in [0.25, 0.3) is 11.5 Å². The first-order valence-corrected chi connectivity index (χ1v) is 13.1. The number of rotatable bonds is 4. The van der Waals surface area contributed by atoms with Crippen LogP contribution in [0.2, 0.25) is 0 Å². The van der Waals surface area contributed by atoms with E-state index >= 15 is 0 Å². The second kappa shape index (κ2) is 9.59. The lowest BCUT2D eigenvalue weighted by Crippen LogP contribution is -2.37. The molecular formula is C27H28N4O2S2. The number of carbonyl (C=O) groups is 1. The fourth-order valence-corrected chi connectivity index (χ4v) is 5.93. The second-order valence-corrected chi connectivity index (χ2v) is 11.2. The summed E-state index contributed by atoms with van der Waals surface area (Å²) in [5.41, 5.74) is 4.03. The Bertz CT molecular complexity index is 1410. The number of thiocarbonyl (C=S) groups is 1. The molecule has 0 radical (unpaired) electrons. The summed E-state index contributed by atoms with van der Waals surface area (Å²) in [6, 6.07) is 11.9. The fourth-order valence-electron chi connectivity index (χ4n) is 4.69. The lowest BCUT2D eigenvalue weighted by molar-refractivity contribution is -0.122. The molecule has 2 fully saturated rings.